The molecule has 0 heterocycles. The van der Waals surface area contributed by atoms with Crippen LogP contribution in [0.25, 0.3) is 0 Å². The van der Waals surface area contributed by atoms with E-state index in [1.165, 1.54) is 0 Å². The molecular formula is C14H20F2N2O2. The number of ether oxygens (including phenoxy) is 1. The number of alkyl halides is 2. The SMILES string of the molecule is CC(C)Oc1cccc(C(=O)N(CCN)CC(F)F)c1. The second-order valence-corrected chi connectivity index (χ2v) is 4.63. The van der Waals surface area contributed by atoms with Gasteiger partial charge in [-0.3, -0.25) is 4.79 Å². The van der Waals surface area contributed by atoms with Gasteiger partial charge in [-0.2, -0.15) is 0 Å². The first-order valence-corrected chi connectivity index (χ1v) is 6.48. The maximum atomic E-state index is 12.5. The monoisotopic (exact) mass is 286 g/mol. The van der Waals surface area contributed by atoms with E-state index >= 15 is 0 Å². The summed E-state index contributed by atoms with van der Waals surface area (Å²) < 4.78 is 30.4. The minimum absolute atomic E-state index is 0.0263. The first-order chi connectivity index (χ1) is 9.43. The summed E-state index contributed by atoms with van der Waals surface area (Å²) in [6.07, 6.45) is -2.61. The molecule has 6 heteroatoms. The Hall–Kier alpha value is -1.69. The van der Waals surface area contributed by atoms with Crippen LogP contribution >= 0.6 is 0 Å². The van der Waals surface area contributed by atoms with E-state index in [0.29, 0.717) is 11.3 Å². The van der Waals surface area contributed by atoms with Gasteiger partial charge in [0.25, 0.3) is 12.3 Å². The summed E-state index contributed by atoms with van der Waals surface area (Å²) in [6, 6.07) is 6.51. The van der Waals surface area contributed by atoms with Crippen molar-refractivity contribution in [3.05, 3.63) is 29.8 Å². The second-order valence-electron chi connectivity index (χ2n) is 4.63. The van der Waals surface area contributed by atoms with Crippen molar-refractivity contribution in [3.8, 4) is 5.75 Å². The fourth-order valence-corrected chi connectivity index (χ4v) is 1.76. The third kappa shape index (κ3) is 5.13. The van der Waals surface area contributed by atoms with Crippen molar-refractivity contribution in [2.24, 2.45) is 5.73 Å². The number of amides is 1. The lowest BCUT2D eigenvalue weighted by Gasteiger charge is -2.22. The maximum absolute atomic E-state index is 12.5. The van der Waals surface area contributed by atoms with Crippen LogP contribution < -0.4 is 10.5 Å². The Bertz CT molecular complexity index is 439. The number of benzene rings is 1. The van der Waals surface area contributed by atoms with Gasteiger partial charge in [-0.25, -0.2) is 8.78 Å². The van der Waals surface area contributed by atoms with Crippen LogP contribution in [-0.2, 0) is 0 Å². The molecule has 2 N–H and O–H groups in total. The van der Waals surface area contributed by atoms with Crippen LogP contribution in [0, 0.1) is 0 Å². The number of hydrogen-bond acceptors (Lipinski definition) is 3. The van der Waals surface area contributed by atoms with Crippen LogP contribution in [-0.4, -0.2) is 43.0 Å². The molecular weight excluding hydrogens is 266 g/mol. The number of rotatable bonds is 7. The van der Waals surface area contributed by atoms with Gasteiger partial charge in [0.15, 0.2) is 0 Å². The minimum atomic E-state index is -2.58. The fourth-order valence-electron chi connectivity index (χ4n) is 1.76. The summed E-state index contributed by atoms with van der Waals surface area (Å²) >= 11 is 0. The van der Waals surface area contributed by atoms with Crippen LogP contribution in [0.4, 0.5) is 8.78 Å². The van der Waals surface area contributed by atoms with E-state index in [9.17, 15) is 13.6 Å². The number of nitrogens with two attached hydrogens (primary N) is 1. The molecule has 0 fully saturated rings. The molecule has 1 amide bonds. The van der Waals surface area contributed by atoms with Crippen molar-refractivity contribution in [2.45, 2.75) is 26.4 Å². The number of halogens is 2. The fraction of sp³-hybridized carbons (Fsp3) is 0.500. The molecule has 0 atom stereocenters. The molecule has 1 aromatic rings. The van der Waals surface area contributed by atoms with Crippen molar-refractivity contribution in [2.75, 3.05) is 19.6 Å². The molecule has 0 radical (unpaired) electrons. The summed E-state index contributed by atoms with van der Waals surface area (Å²) in [5.74, 6) is 0.0700. The molecule has 0 saturated heterocycles. The Kier molecular flexibility index (Phi) is 6.38. The van der Waals surface area contributed by atoms with Gasteiger partial charge in [0.05, 0.1) is 12.6 Å². The predicted molar refractivity (Wildman–Crippen MR) is 73.2 cm³/mol. The molecule has 0 aliphatic rings. The molecule has 0 spiro atoms. The molecule has 0 aliphatic carbocycles. The van der Waals surface area contributed by atoms with Gasteiger partial charge < -0.3 is 15.4 Å². The quantitative estimate of drug-likeness (QED) is 0.835. The number of nitrogens with zero attached hydrogens (tertiary/aromatic N) is 1. The Morgan fingerprint density at radius 2 is 2.10 bits per heavy atom. The van der Waals surface area contributed by atoms with Crippen molar-refractivity contribution in [3.63, 3.8) is 0 Å². The molecule has 0 bridgehead atoms. The first kappa shape index (κ1) is 16.4. The van der Waals surface area contributed by atoms with Crippen LogP contribution in [0.1, 0.15) is 24.2 Å². The number of hydrogen-bond donors (Lipinski definition) is 1. The Morgan fingerprint density at radius 1 is 1.40 bits per heavy atom. The van der Waals surface area contributed by atoms with Crippen LogP contribution in [0.5, 0.6) is 5.75 Å². The third-order valence-electron chi connectivity index (χ3n) is 2.50. The molecule has 1 rings (SSSR count). The average molecular weight is 286 g/mol. The first-order valence-electron chi connectivity index (χ1n) is 6.48. The molecule has 0 aliphatic heterocycles. The van der Waals surface area contributed by atoms with E-state index in [2.05, 4.69) is 0 Å². The summed E-state index contributed by atoms with van der Waals surface area (Å²) in [6.45, 7) is 3.35. The van der Waals surface area contributed by atoms with Gasteiger partial charge in [0, 0.05) is 18.7 Å². The van der Waals surface area contributed by atoms with Gasteiger partial charge in [-0.05, 0) is 32.0 Å². The normalized spacial score (nSPS) is 10.9. The van der Waals surface area contributed by atoms with Gasteiger partial charge in [-0.1, -0.05) is 6.07 Å². The maximum Gasteiger partial charge on any atom is 0.255 e. The third-order valence-corrected chi connectivity index (χ3v) is 2.50. The molecule has 4 nitrogen and oxygen atoms in total. The standard InChI is InChI=1S/C14H20F2N2O2/c1-10(2)20-12-5-3-4-11(8-12)14(19)18(7-6-17)9-13(15)16/h3-5,8,10,13H,6-7,9,17H2,1-2H3. The molecule has 0 saturated carbocycles. The van der Waals surface area contributed by atoms with Gasteiger partial charge >= 0.3 is 0 Å². The number of carbonyl (C=O) groups excluding carboxylic acids is 1. The minimum Gasteiger partial charge on any atom is -0.491 e. The highest BCUT2D eigenvalue weighted by Crippen LogP contribution is 2.16. The van der Waals surface area contributed by atoms with Crippen molar-refractivity contribution in [1.29, 1.82) is 0 Å². The summed E-state index contributed by atoms with van der Waals surface area (Å²) in [5, 5.41) is 0. The zero-order valence-electron chi connectivity index (χ0n) is 11.7. The lowest BCUT2D eigenvalue weighted by Crippen LogP contribution is -2.38. The molecule has 20 heavy (non-hydrogen) atoms. The Labute approximate surface area is 117 Å². The molecule has 112 valence electrons. The Balaban J connectivity index is 2.87. The van der Waals surface area contributed by atoms with E-state index in [1.54, 1.807) is 24.3 Å². The summed E-state index contributed by atoms with van der Waals surface area (Å²) in [4.78, 5) is 13.2. The predicted octanol–water partition coefficient (Wildman–Crippen LogP) is 2.14. The van der Waals surface area contributed by atoms with Crippen LogP contribution in [0.3, 0.4) is 0 Å². The largest absolute Gasteiger partial charge is 0.491 e. The van der Waals surface area contributed by atoms with Crippen LogP contribution in [0.15, 0.2) is 24.3 Å². The zero-order chi connectivity index (χ0) is 15.1. The smallest absolute Gasteiger partial charge is 0.255 e. The molecule has 1 aromatic carbocycles. The average Bonchev–Trinajstić information content (AvgIpc) is 2.36. The van der Waals surface area contributed by atoms with E-state index in [4.69, 9.17) is 10.5 Å². The van der Waals surface area contributed by atoms with Crippen molar-refractivity contribution < 1.29 is 18.3 Å². The van der Waals surface area contributed by atoms with E-state index in [1.807, 2.05) is 13.8 Å². The van der Waals surface area contributed by atoms with Crippen LogP contribution in [0.2, 0.25) is 0 Å². The van der Waals surface area contributed by atoms with E-state index < -0.39 is 18.9 Å². The lowest BCUT2D eigenvalue weighted by molar-refractivity contribution is 0.0562. The van der Waals surface area contributed by atoms with Gasteiger partial charge in [0.1, 0.15) is 5.75 Å². The molecule has 0 unspecified atom stereocenters. The summed E-state index contributed by atoms with van der Waals surface area (Å²) in [7, 11) is 0. The second kappa shape index (κ2) is 7.79. The highest BCUT2D eigenvalue weighted by atomic mass is 19.3. The number of carbonyl (C=O) groups is 1. The topological polar surface area (TPSA) is 55.6 Å². The lowest BCUT2D eigenvalue weighted by atomic mass is 10.2. The molecule has 0 aromatic heterocycles. The van der Waals surface area contributed by atoms with E-state index in [0.717, 1.165) is 4.90 Å². The van der Waals surface area contributed by atoms with Crippen molar-refractivity contribution >= 4 is 5.91 Å². The van der Waals surface area contributed by atoms with E-state index in [-0.39, 0.29) is 19.2 Å². The van der Waals surface area contributed by atoms with Gasteiger partial charge in [0.2, 0.25) is 0 Å². The Morgan fingerprint density at radius 3 is 2.65 bits per heavy atom. The highest BCUT2D eigenvalue weighted by molar-refractivity contribution is 5.94. The zero-order valence-corrected chi connectivity index (χ0v) is 11.7. The van der Waals surface area contributed by atoms with Crippen molar-refractivity contribution in [1.82, 2.24) is 4.90 Å². The summed E-state index contributed by atoms with van der Waals surface area (Å²) in [5.41, 5.74) is 5.67. The highest BCUT2D eigenvalue weighted by Gasteiger charge is 2.19. The van der Waals surface area contributed by atoms with Gasteiger partial charge in [-0.15, -0.1) is 0 Å².